The van der Waals surface area contributed by atoms with Gasteiger partial charge in [0.25, 0.3) is 0 Å². The molecule has 17 heavy (non-hydrogen) atoms. The van der Waals surface area contributed by atoms with Gasteiger partial charge in [0.05, 0.1) is 0 Å². The maximum Gasteiger partial charge on any atom is 0.356 e. The van der Waals surface area contributed by atoms with Crippen molar-refractivity contribution in [3.63, 3.8) is 0 Å². The van der Waals surface area contributed by atoms with Crippen molar-refractivity contribution in [1.29, 1.82) is 0 Å². The number of anilines is 1. The van der Waals surface area contributed by atoms with Crippen LogP contribution in [-0.2, 0) is 0 Å². The SMILES string of the molecule is CCC1CN(c2ccc(C(=O)O)nn2)CCS1. The van der Waals surface area contributed by atoms with Crippen LogP contribution in [0.1, 0.15) is 23.8 Å². The van der Waals surface area contributed by atoms with Gasteiger partial charge in [-0.25, -0.2) is 4.79 Å². The highest BCUT2D eigenvalue weighted by Crippen LogP contribution is 2.24. The van der Waals surface area contributed by atoms with Gasteiger partial charge in [0, 0.05) is 24.1 Å². The Morgan fingerprint density at radius 2 is 2.41 bits per heavy atom. The van der Waals surface area contributed by atoms with Gasteiger partial charge in [0.1, 0.15) is 0 Å². The predicted molar refractivity (Wildman–Crippen MR) is 67.7 cm³/mol. The number of aromatic nitrogens is 2. The molecule has 1 aromatic rings. The van der Waals surface area contributed by atoms with Gasteiger partial charge in [-0.3, -0.25) is 0 Å². The minimum absolute atomic E-state index is 0.00724. The summed E-state index contributed by atoms with van der Waals surface area (Å²) in [4.78, 5) is 12.8. The Kier molecular flexibility index (Phi) is 3.83. The Balaban J connectivity index is 2.08. The normalized spacial score (nSPS) is 20.3. The molecule has 1 aromatic heterocycles. The quantitative estimate of drug-likeness (QED) is 0.880. The van der Waals surface area contributed by atoms with Crippen LogP contribution in [0.2, 0.25) is 0 Å². The number of carboxylic acids is 1. The second-order valence-corrected chi connectivity index (χ2v) is 5.34. The van der Waals surface area contributed by atoms with Crippen molar-refractivity contribution in [3.05, 3.63) is 17.8 Å². The van der Waals surface area contributed by atoms with E-state index in [9.17, 15) is 4.79 Å². The number of hydrogen-bond acceptors (Lipinski definition) is 5. The number of carbonyl (C=O) groups is 1. The smallest absolute Gasteiger partial charge is 0.356 e. The number of hydrogen-bond donors (Lipinski definition) is 1. The molecular weight excluding hydrogens is 238 g/mol. The molecule has 0 radical (unpaired) electrons. The predicted octanol–water partition coefficient (Wildman–Crippen LogP) is 1.51. The first kappa shape index (κ1) is 12.2. The molecule has 0 amide bonds. The zero-order valence-electron chi connectivity index (χ0n) is 9.67. The summed E-state index contributed by atoms with van der Waals surface area (Å²) in [6.07, 6.45) is 1.14. The zero-order chi connectivity index (χ0) is 12.3. The molecule has 2 rings (SSSR count). The molecule has 0 saturated carbocycles. The lowest BCUT2D eigenvalue weighted by Crippen LogP contribution is -2.38. The van der Waals surface area contributed by atoms with Gasteiger partial charge < -0.3 is 10.0 Å². The third kappa shape index (κ3) is 2.88. The highest BCUT2D eigenvalue weighted by atomic mass is 32.2. The topological polar surface area (TPSA) is 66.3 Å². The number of thioether (sulfide) groups is 1. The molecule has 1 fully saturated rings. The van der Waals surface area contributed by atoms with E-state index in [1.807, 2.05) is 11.8 Å². The van der Waals surface area contributed by atoms with Crippen molar-refractivity contribution in [3.8, 4) is 0 Å². The minimum atomic E-state index is -1.04. The Morgan fingerprint density at radius 3 is 3.00 bits per heavy atom. The summed E-state index contributed by atoms with van der Waals surface area (Å²) in [5.41, 5.74) is -0.00724. The van der Waals surface area contributed by atoms with Crippen LogP contribution in [-0.4, -0.2) is 45.4 Å². The van der Waals surface area contributed by atoms with E-state index in [1.165, 1.54) is 6.07 Å². The fourth-order valence-corrected chi connectivity index (χ4v) is 2.96. The van der Waals surface area contributed by atoms with Crippen LogP contribution < -0.4 is 4.90 Å². The van der Waals surface area contributed by atoms with Crippen LogP contribution in [0.4, 0.5) is 5.82 Å². The van der Waals surface area contributed by atoms with Crippen molar-refractivity contribution < 1.29 is 9.90 Å². The molecule has 92 valence electrons. The lowest BCUT2D eigenvalue weighted by Gasteiger charge is -2.32. The van der Waals surface area contributed by atoms with Crippen molar-refractivity contribution in [2.75, 3.05) is 23.7 Å². The molecule has 0 aromatic carbocycles. The summed E-state index contributed by atoms with van der Waals surface area (Å²) in [5.74, 6) is 0.819. The number of rotatable bonds is 3. The molecular formula is C11H15N3O2S. The first-order valence-corrected chi connectivity index (χ1v) is 6.69. The van der Waals surface area contributed by atoms with Crippen LogP contribution in [0.3, 0.4) is 0 Å². The minimum Gasteiger partial charge on any atom is -0.476 e. The van der Waals surface area contributed by atoms with E-state index in [-0.39, 0.29) is 5.69 Å². The number of nitrogens with zero attached hydrogens (tertiary/aromatic N) is 3. The molecule has 0 aliphatic carbocycles. The van der Waals surface area contributed by atoms with Gasteiger partial charge in [0.15, 0.2) is 11.5 Å². The Labute approximate surface area is 104 Å². The fraction of sp³-hybridized carbons (Fsp3) is 0.545. The lowest BCUT2D eigenvalue weighted by atomic mass is 10.3. The maximum absolute atomic E-state index is 10.7. The summed E-state index contributed by atoms with van der Waals surface area (Å²) in [7, 11) is 0. The van der Waals surface area contributed by atoms with Crippen LogP contribution in [0.25, 0.3) is 0 Å². The lowest BCUT2D eigenvalue weighted by molar-refractivity contribution is 0.0689. The van der Waals surface area contributed by atoms with E-state index in [4.69, 9.17) is 5.11 Å². The second kappa shape index (κ2) is 5.35. The molecule has 5 nitrogen and oxygen atoms in total. The summed E-state index contributed by atoms with van der Waals surface area (Å²) < 4.78 is 0. The molecule has 6 heteroatoms. The number of aromatic carboxylic acids is 1. The van der Waals surface area contributed by atoms with Gasteiger partial charge in [-0.05, 0) is 18.6 Å². The Bertz CT molecular complexity index is 396. The van der Waals surface area contributed by atoms with E-state index in [0.717, 1.165) is 31.1 Å². The molecule has 1 N–H and O–H groups in total. The van der Waals surface area contributed by atoms with Crippen LogP contribution in [0.5, 0.6) is 0 Å². The van der Waals surface area contributed by atoms with E-state index < -0.39 is 5.97 Å². The van der Waals surface area contributed by atoms with Gasteiger partial charge >= 0.3 is 5.97 Å². The standard InChI is InChI=1S/C11H15N3O2S/c1-2-8-7-14(5-6-17-8)10-4-3-9(11(15)16)12-13-10/h3-4,8H,2,5-7H2,1H3,(H,15,16). The van der Waals surface area contributed by atoms with Crippen molar-refractivity contribution in [2.24, 2.45) is 0 Å². The Hall–Kier alpha value is -1.30. The molecule has 1 aliphatic rings. The summed E-state index contributed by atoms with van der Waals surface area (Å²) in [6.45, 7) is 4.09. The van der Waals surface area contributed by atoms with E-state index in [2.05, 4.69) is 22.0 Å². The summed E-state index contributed by atoms with van der Waals surface area (Å²) >= 11 is 1.99. The monoisotopic (exact) mass is 253 g/mol. The van der Waals surface area contributed by atoms with Crippen molar-refractivity contribution in [2.45, 2.75) is 18.6 Å². The largest absolute Gasteiger partial charge is 0.476 e. The molecule has 0 spiro atoms. The third-order valence-electron chi connectivity index (χ3n) is 2.79. The van der Waals surface area contributed by atoms with Crippen LogP contribution in [0.15, 0.2) is 12.1 Å². The molecule has 1 atom stereocenters. The fourth-order valence-electron chi connectivity index (χ4n) is 1.78. The van der Waals surface area contributed by atoms with Gasteiger partial charge in [0.2, 0.25) is 0 Å². The summed E-state index contributed by atoms with van der Waals surface area (Å²) in [6, 6.07) is 3.24. The molecule has 1 unspecified atom stereocenters. The maximum atomic E-state index is 10.7. The third-order valence-corrected chi connectivity index (χ3v) is 4.16. The second-order valence-electron chi connectivity index (χ2n) is 3.93. The highest BCUT2D eigenvalue weighted by molar-refractivity contribution is 8.00. The first-order valence-electron chi connectivity index (χ1n) is 5.64. The Morgan fingerprint density at radius 1 is 1.59 bits per heavy atom. The van der Waals surface area contributed by atoms with Gasteiger partial charge in [-0.15, -0.1) is 10.2 Å². The number of carboxylic acid groups (broad SMARTS) is 1. The molecule has 1 saturated heterocycles. The van der Waals surface area contributed by atoms with E-state index >= 15 is 0 Å². The molecule has 1 aliphatic heterocycles. The van der Waals surface area contributed by atoms with Crippen molar-refractivity contribution >= 4 is 23.5 Å². The zero-order valence-corrected chi connectivity index (χ0v) is 10.5. The van der Waals surface area contributed by atoms with Crippen LogP contribution >= 0.6 is 11.8 Å². The summed E-state index contributed by atoms with van der Waals surface area (Å²) in [5, 5.41) is 17.1. The van der Waals surface area contributed by atoms with Gasteiger partial charge in [-0.2, -0.15) is 11.8 Å². The average Bonchev–Trinajstić information content (AvgIpc) is 2.39. The van der Waals surface area contributed by atoms with Gasteiger partial charge in [-0.1, -0.05) is 6.92 Å². The molecule has 2 heterocycles. The highest BCUT2D eigenvalue weighted by Gasteiger charge is 2.20. The van der Waals surface area contributed by atoms with E-state index in [0.29, 0.717) is 5.25 Å². The average molecular weight is 253 g/mol. The van der Waals surface area contributed by atoms with Crippen LogP contribution in [0, 0.1) is 0 Å². The first-order chi connectivity index (χ1) is 8.20. The molecule has 0 bridgehead atoms. The van der Waals surface area contributed by atoms with E-state index in [1.54, 1.807) is 6.07 Å². The van der Waals surface area contributed by atoms with Crippen molar-refractivity contribution in [1.82, 2.24) is 10.2 Å².